The summed E-state index contributed by atoms with van der Waals surface area (Å²) in [7, 11) is 0. The van der Waals surface area contributed by atoms with Crippen molar-refractivity contribution in [1.29, 1.82) is 0 Å². The molecule has 1 aliphatic heterocycles. The number of nitrogens with two attached hydrogens (primary N) is 1. The van der Waals surface area contributed by atoms with Crippen molar-refractivity contribution in [3.05, 3.63) is 36.0 Å². The summed E-state index contributed by atoms with van der Waals surface area (Å²) < 4.78 is 7.44. The summed E-state index contributed by atoms with van der Waals surface area (Å²) in [5, 5.41) is 12.6. The molecule has 0 aliphatic carbocycles. The van der Waals surface area contributed by atoms with Gasteiger partial charge in [-0.25, -0.2) is 0 Å². The third-order valence-corrected chi connectivity index (χ3v) is 3.12. The second-order valence-electron chi connectivity index (χ2n) is 4.66. The predicted octanol–water partition coefficient (Wildman–Crippen LogP) is 0.722. The lowest BCUT2D eigenvalue weighted by Crippen LogP contribution is -2.41. The Hall–Kier alpha value is -2.21. The molecule has 19 heavy (non-hydrogen) atoms. The molecule has 3 rings (SSSR count). The van der Waals surface area contributed by atoms with Gasteiger partial charge in [-0.3, -0.25) is 4.57 Å². The number of nitrogens with one attached hydrogen (secondary N) is 1. The van der Waals surface area contributed by atoms with Crippen molar-refractivity contribution in [1.82, 2.24) is 14.9 Å². The van der Waals surface area contributed by atoms with Gasteiger partial charge in [-0.15, -0.1) is 0 Å². The number of nitrogen functional groups attached to an aromatic ring is 1. The number of anilines is 1. The highest BCUT2D eigenvalue weighted by Crippen LogP contribution is 2.18. The van der Waals surface area contributed by atoms with Gasteiger partial charge in [-0.2, -0.15) is 4.98 Å². The molecule has 0 fully saturated rings. The number of phenols is 1. The summed E-state index contributed by atoms with van der Waals surface area (Å²) in [6, 6.07) is 7.96. The fraction of sp³-hybridized carbons (Fsp3) is 0.308. The Morgan fingerprint density at radius 3 is 3.00 bits per heavy atom. The maximum atomic E-state index is 9.22. The Balaban J connectivity index is 1.58. The van der Waals surface area contributed by atoms with Gasteiger partial charge in [-0.1, -0.05) is 12.1 Å². The molecule has 0 bridgehead atoms. The van der Waals surface area contributed by atoms with Gasteiger partial charge in [0.25, 0.3) is 6.01 Å². The van der Waals surface area contributed by atoms with Crippen molar-refractivity contribution in [2.24, 2.45) is 0 Å². The van der Waals surface area contributed by atoms with Crippen molar-refractivity contribution in [2.75, 3.05) is 12.3 Å². The second kappa shape index (κ2) is 4.81. The Morgan fingerprint density at radius 2 is 2.21 bits per heavy atom. The normalized spacial score (nSPS) is 17.8. The van der Waals surface area contributed by atoms with Crippen LogP contribution in [0.3, 0.4) is 0 Å². The van der Waals surface area contributed by atoms with Crippen LogP contribution in [0.25, 0.3) is 0 Å². The van der Waals surface area contributed by atoms with Crippen LogP contribution < -0.4 is 15.8 Å². The Kier molecular flexibility index (Phi) is 3.00. The fourth-order valence-corrected chi connectivity index (χ4v) is 2.13. The van der Waals surface area contributed by atoms with Crippen LogP contribution in [-0.2, 0) is 13.1 Å². The van der Waals surface area contributed by atoms with Gasteiger partial charge in [-0.05, 0) is 17.7 Å². The molecule has 0 radical (unpaired) electrons. The number of rotatable bonds is 3. The van der Waals surface area contributed by atoms with E-state index in [1.54, 1.807) is 18.3 Å². The molecule has 0 amide bonds. The average Bonchev–Trinajstić information content (AvgIpc) is 2.77. The number of benzene rings is 1. The summed E-state index contributed by atoms with van der Waals surface area (Å²) in [4.78, 5) is 4.08. The van der Waals surface area contributed by atoms with Crippen molar-refractivity contribution in [3.8, 4) is 11.8 Å². The van der Waals surface area contributed by atoms with E-state index >= 15 is 0 Å². The van der Waals surface area contributed by atoms with Gasteiger partial charge < -0.3 is 20.9 Å². The molecule has 6 nitrogen and oxygen atoms in total. The second-order valence-corrected chi connectivity index (χ2v) is 4.66. The lowest BCUT2D eigenvalue weighted by Gasteiger charge is -2.24. The van der Waals surface area contributed by atoms with Crippen LogP contribution in [-0.4, -0.2) is 27.3 Å². The Labute approximate surface area is 110 Å². The summed E-state index contributed by atoms with van der Waals surface area (Å²) in [6.45, 7) is 2.10. The average molecular weight is 260 g/mol. The van der Waals surface area contributed by atoms with E-state index < -0.39 is 0 Å². The topological polar surface area (TPSA) is 85.3 Å². The van der Waals surface area contributed by atoms with Gasteiger partial charge in [0, 0.05) is 13.1 Å². The van der Waals surface area contributed by atoms with Crippen molar-refractivity contribution < 1.29 is 9.84 Å². The number of ether oxygens (including phenoxy) is 1. The lowest BCUT2D eigenvalue weighted by molar-refractivity contribution is 0.184. The van der Waals surface area contributed by atoms with Crippen LogP contribution in [0, 0.1) is 0 Å². The highest BCUT2D eigenvalue weighted by atomic mass is 16.5. The lowest BCUT2D eigenvalue weighted by atomic mass is 10.2. The zero-order valence-corrected chi connectivity index (χ0v) is 10.4. The standard InChI is InChI=1S/C13H16N4O2/c14-12-7-17-6-10(8-19-13(17)16-12)15-5-9-1-3-11(18)4-2-9/h1-4,7,10,15,18H,5-6,8,14H2/t10-/m0/s1. The minimum atomic E-state index is 0.218. The maximum Gasteiger partial charge on any atom is 0.298 e. The predicted molar refractivity (Wildman–Crippen MR) is 70.9 cm³/mol. The molecule has 1 aromatic heterocycles. The van der Waals surface area contributed by atoms with E-state index in [-0.39, 0.29) is 11.8 Å². The highest BCUT2D eigenvalue weighted by Gasteiger charge is 2.20. The third-order valence-electron chi connectivity index (χ3n) is 3.12. The van der Waals surface area contributed by atoms with Gasteiger partial charge in [0.2, 0.25) is 0 Å². The van der Waals surface area contributed by atoms with Crippen LogP contribution in [0.5, 0.6) is 11.8 Å². The van der Waals surface area contributed by atoms with Crippen molar-refractivity contribution in [3.63, 3.8) is 0 Å². The molecular weight excluding hydrogens is 244 g/mol. The third kappa shape index (κ3) is 2.63. The van der Waals surface area contributed by atoms with Crippen LogP contribution in [0.15, 0.2) is 30.5 Å². The zero-order chi connectivity index (χ0) is 13.2. The molecule has 2 heterocycles. The first-order valence-corrected chi connectivity index (χ1v) is 6.17. The minimum absolute atomic E-state index is 0.218. The molecule has 1 aliphatic rings. The molecule has 0 unspecified atom stereocenters. The minimum Gasteiger partial charge on any atom is -0.508 e. The van der Waals surface area contributed by atoms with Crippen LogP contribution in [0.2, 0.25) is 0 Å². The number of nitrogens with zero attached hydrogens (tertiary/aromatic N) is 2. The van der Waals surface area contributed by atoms with Crippen molar-refractivity contribution >= 4 is 5.82 Å². The number of hydrogen-bond donors (Lipinski definition) is 3. The van der Waals surface area contributed by atoms with E-state index in [0.717, 1.165) is 18.7 Å². The quantitative estimate of drug-likeness (QED) is 0.757. The first-order valence-electron chi connectivity index (χ1n) is 6.17. The molecule has 100 valence electrons. The van der Waals surface area contributed by atoms with Crippen molar-refractivity contribution in [2.45, 2.75) is 19.1 Å². The number of aromatic nitrogens is 2. The van der Waals surface area contributed by atoms with E-state index in [2.05, 4.69) is 10.3 Å². The molecule has 1 aromatic carbocycles. The Morgan fingerprint density at radius 1 is 1.42 bits per heavy atom. The first kappa shape index (κ1) is 11.9. The van der Waals surface area contributed by atoms with Crippen LogP contribution in [0.4, 0.5) is 5.82 Å². The SMILES string of the molecule is Nc1cn2c(n1)OC[C@@H](NCc1ccc(O)cc1)C2. The van der Waals surface area contributed by atoms with E-state index in [9.17, 15) is 5.11 Å². The first-order chi connectivity index (χ1) is 9.20. The monoisotopic (exact) mass is 260 g/mol. The molecule has 0 spiro atoms. The van der Waals surface area contributed by atoms with Crippen LogP contribution in [0.1, 0.15) is 5.56 Å². The van der Waals surface area contributed by atoms with Gasteiger partial charge in [0.1, 0.15) is 18.2 Å². The highest BCUT2D eigenvalue weighted by molar-refractivity contribution is 5.29. The number of phenolic OH excluding ortho intramolecular Hbond substituents is 1. The number of imidazole rings is 1. The summed E-state index contributed by atoms with van der Waals surface area (Å²) >= 11 is 0. The molecular formula is C13H16N4O2. The Bertz CT molecular complexity index is 565. The summed E-state index contributed by atoms with van der Waals surface area (Å²) in [5.41, 5.74) is 6.75. The zero-order valence-electron chi connectivity index (χ0n) is 10.4. The maximum absolute atomic E-state index is 9.22. The van der Waals surface area contributed by atoms with E-state index in [1.165, 1.54) is 0 Å². The number of aromatic hydroxyl groups is 1. The smallest absolute Gasteiger partial charge is 0.298 e. The van der Waals surface area contributed by atoms with E-state index in [4.69, 9.17) is 10.5 Å². The molecule has 6 heteroatoms. The molecule has 2 aromatic rings. The van der Waals surface area contributed by atoms with Gasteiger partial charge >= 0.3 is 0 Å². The van der Waals surface area contributed by atoms with E-state index in [0.29, 0.717) is 18.4 Å². The fourth-order valence-electron chi connectivity index (χ4n) is 2.13. The molecule has 0 saturated heterocycles. The van der Waals surface area contributed by atoms with Gasteiger partial charge in [0.15, 0.2) is 0 Å². The number of fused-ring (bicyclic) bond motifs is 1. The molecule has 0 saturated carbocycles. The van der Waals surface area contributed by atoms with E-state index in [1.807, 2.05) is 16.7 Å². The number of hydrogen-bond acceptors (Lipinski definition) is 5. The summed E-state index contributed by atoms with van der Waals surface area (Å²) in [5.74, 6) is 0.762. The largest absolute Gasteiger partial charge is 0.508 e. The summed E-state index contributed by atoms with van der Waals surface area (Å²) in [6.07, 6.45) is 1.78. The van der Waals surface area contributed by atoms with Gasteiger partial charge in [0.05, 0.1) is 12.2 Å². The van der Waals surface area contributed by atoms with Crippen LogP contribution >= 0.6 is 0 Å². The molecule has 1 atom stereocenters. The molecule has 4 N–H and O–H groups in total.